The second-order valence-electron chi connectivity index (χ2n) is 3.92. The van der Waals surface area contributed by atoms with Crippen LogP contribution in [0.5, 0.6) is 0 Å². The molecule has 0 saturated carbocycles. The molecule has 2 amide bonds. The molecule has 0 unspecified atom stereocenters. The minimum atomic E-state index is -0.353. The number of hydrogen-bond acceptors (Lipinski definition) is 2. The first-order chi connectivity index (χ1) is 9.20. The van der Waals surface area contributed by atoms with Crippen molar-refractivity contribution in [1.29, 1.82) is 0 Å². The average Bonchev–Trinajstić information content (AvgIpc) is 2.42. The van der Waals surface area contributed by atoms with Gasteiger partial charge in [-0.25, -0.2) is 4.79 Å². The highest BCUT2D eigenvalue weighted by Crippen LogP contribution is 2.21. The van der Waals surface area contributed by atoms with Crippen molar-refractivity contribution in [2.24, 2.45) is 5.73 Å². The molecule has 0 radical (unpaired) electrons. The van der Waals surface area contributed by atoms with Crippen LogP contribution in [0.25, 0.3) is 0 Å². The van der Waals surface area contributed by atoms with Crippen LogP contribution in [0, 0.1) is 0 Å². The standard InChI is InChI=1S/C14H14ClN3O/c15-11-6-2-4-8-13(11)18-14(19)17-12-7-3-1-5-10(12)9-16/h1-8H,9,16H2,(H2,17,18,19). The second-order valence-corrected chi connectivity index (χ2v) is 4.33. The predicted molar refractivity (Wildman–Crippen MR) is 78.4 cm³/mol. The largest absolute Gasteiger partial charge is 0.326 e. The number of benzene rings is 2. The van der Waals surface area contributed by atoms with Crippen molar-refractivity contribution in [1.82, 2.24) is 0 Å². The molecule has 0 spiro atoms. The number of hydrogen-bond donors (Lipinski definition) is 3. The molecule has 2 aromatic rings. The molecule has 5 heteroatoms. The van der Waals surface area contributed by atoms with Crippen molar-refractivity contribution in [2.45, 2.75) is 6.54 Å². The van der Waals surface area contributed by atoms with Crippen LogP contribution >= 0.6 is 11.6 Å². The maximum Gasteiger partial charge on any atom is 0.323 e. The van der Waals surface area contributed by atoms with E-state index in [9.17, 15) is 4.79 Å². The highest BCUT2D eigenvalue weighted by molar-refractivity contribution is 6.33. The van der Waals surface area contributed by atoms with Gasteiger partial charge in [0.2, 0.25) is 0 Å². The highest BCUT2D eigenvalue weighted by atomic mass is 35.5. The normalized spacial score (nSPS) is 10.0. The molecule has 0 fully saturated rings. The monoisotopic (exact) mass is 275 g/mol. The summed E-state index contributed by atoms with van der Waals surface area (Å²) < 4.78 is 0. The fraction of sp³-hybridized carbons (Fsp3) is 0.0714. The summed E-state index contributed by atoms with van der Waals surface area (Å²) in [5.41, 5.74) is 7.73. The number of halogens is 1. The van der Waals surface area contributed by atoms with E-state index in [1.807, 2.05) is 18.2 Å². The summed E-state index contributed by atoms with van der Waals surface area (Å²) in [4.78, 5) is 11.9. The van der Waals surface area contributed by atoms with Crippen LogP contribution in [-0.4, -0.2) is 6.03 Å². The van der Waals surface area contributed by atoms with Crippen molar-refractivity contribution in [3.05, 3.63) is 59.1 Å². The van der Waals surface area contributed by atoms with E-state index in [4.69, 9.17) is 17.3 Å². The Kier molecular flexibility index (Phi) is 4.39. The third kappa shape index (κ3) is 3.47. The van der Waals surface area contributed by atoms with E-state index in [-0.39, 0.29) is 6.03 Å². The summed E-state index contributed by atoms with van der Waals surface area (Å²) in [6.45, 7) is 0.364. The van der Waals surface area contributed by atoms with Crippen LogP contribution in [0.15, 0.2) is 48.5 Å². The number of anilines is 2. The minimum absolute atomic E-state index is 0.353. The van der Waals surface area contributed by atoms with Gasteiger partial charge < -0.3 is 16.4 Å². The molecule has 4 N–H and O–H groups in total. The van der Waals surface area contributed by atoms with E-state index < -0.39 is 0 Å². The molecule has 0 atom stereocenters. The number of nitrogens with two attached hydrogens (primary N) is 1. The van der Waals surface area contributed by atoms with Crippen LogP contribution in [0.2, 0.25) is 5.02 Å². The Hall–Kier alpha value is -2.04. The molecule has 19 heavy (non-hydrogen) atoms. The lowest BCUT2D eigenvalue weighted by atomic mass is 10.2. The maximum atomic E-state index is 11.9. The van der Waals surface area contributed by atoms with Gasteiger partial charge in [-0.15, -0.1) is 0 Å². The summed E-state index contributed by atoms with van der Waals surface area (Å²) in [6, 6.07) is 14.1. The topological polar surface area (TPSA) is 67.1 Å². The van der Waals surface area contributed by atoms with Gasteiger partial charge in [0.05, 0.1) is 10.7 Å². The highest BCUT2D eigenvalue weighted by Gasteiger charge is 2.07. The van der Waals surface area contributed by atoms with Crippen molar-refractivity contribution in [3.63, 3.8) is 0 Å². The number of amides is 2. The molecule has 2 aromatic carbocycles. The van der Waals surface area contributed by atoms with Crippen molar-refractivity contribution in [2.75, 3.05) is 10.6 Å². The van der Waals surface area contributed by atoms with Crippen molar-refractivity contribution < 1.29 is 4.79 Å². The van der Waals surface area contributed by atoms with Crippen LogP contribution in [0.1, 0.15) is 5.56 Å². The number of urea groups is 1. The van der Waals surface area contributed by atoms with Gasteiger partial charge in [0, 0.05) is 12.2 Å². The molecular weight excluding hydrogens is 262 g/mol. The quantitative estimate of drug-likeness (QED) is 0.803. The molecule has 0 saturated heterocycles. The zero-order valence-electron chi connectivity index (χ0n) is 10.2. The zero-order chi connectivity index (χ0) is 13.7. The van der Waals surface area contributed by atoms with Gasteiger partial charge >= 0.3 is 6.03 Å². The molecular formula is C14H14ClN3O. The lowest BCUT2D eigenvalue weighted by Gasteiger charge is -2.11. The zero-order valence-corrected chi connectivity index (χ0v) is 10.9. The minimum Gasteiger partial charge on any atom is -0.326 e. The van der Waals surface area contributed by atoms with Crippen LogP contribution < -0.4 is 16.4 Å². The fourth-order valence-corrected chi connectivity index (χ4v) is 1.84. The molecule has 0 aliphatic rings. The molecule has 0 heterocycles. The van der Waals surface area contributed by atoms with Crippen molar-refractivity contribution >= 4 is 29.0 Å². The molecule has 4 nitrogen and oxygen atoms in total. The third-order valence-electron chi connectivity index (χ3n) is 2.61. The van der Waals surface area contributed by atoms with Crippen LogP contribution in [0.4, 0.5) is 16.2 Å². The Morgan fingerprint density at radius 2 is 1.58 bits per heavy atom. The molecule has 2 rings (SSSR count). The first-order valence-corrected chi connectivity index (χ1v) is 6.19. The van der Waals surface area contributed by atoms with E-state index in [1.54, 1.807) is 30.3 Å². The van der Waals surface area contributed by atoms with Crippen molar-refractivity contribution in [3.8, 4) is 0 Å². The van der Waals surface area contributed by atoms with Gasteiger partial charge in [-0.3, -0.25) is 0 Å². The number of rotatable bonds is 3. The first kappa shape index (κ1) is 13.4. The van der Waals surface area contributed by atoms with Crippen LogP contribution in [0.3, 0.4) is 0 Å². The third-order valence-corrected chi connectivity index (χ3v) is 2.94. The summed E-state index contributed by atoms with van der Waals surface area (Å²) in [5.74, 6) is 0. The number of para-hydroxylation sites is 2. The average molecular weight is 276 g/mol. The predicted octanol–water partition coefficient (Wildman–Crippen LogP) is 3.44. The molecule has 0 aliphatic heterocycles. The van der Waals surface area contributed by atoms with Gasteiger partial charge in [0.15, 0.2) is 0 Å². The summed E-state index contributed by atoms with van der Waals surface area (Å²) in [7, 11) is 0. The van der Waals surface area contributed by atoms with Gasteiger partial charge in [0.1, 0.15) is 0 Å². The molecule has 98 valence electrons. The Bertz CT molecular complexity index is 586. The Morgan fingerprint density at radius 1 is 1.00 bits per heavy atom. The van der Waals surface area contributed by atoms with Gasteiger partial charge in [-0.05, 0) is 23.8 Å². The van der Waals surface area contributed by atoms with Crippen LogP contribution in [-0.2, 0) is 6.54 Å². The van der Waals surface area contributed by atoms with Gasteiger partial charge in [-0.1, -0.05) is 41.9 Å². The second kappa shape index (κ2) is 6.22. The fourth-order valence-electron chi connectivity index (χ4n) is 1.66. The summed E-state index contributed by atoms with van der Waals surface area (Å²) in [6.07, 6.45) is 0. The lowest BCUT2D eigenvalue weighted by Crippen LogP contribution is -2.20. The summed E-state index contributed by atoms with van der Waals surface area (Å²) in [5, 5.41) is 5.93. The van der Waals surface area contributed by atoms with E-state index in [0.717, 1.165) is 5.56 Å². The lowest BCUT2D eigenvalue weighted by molar-refractivity contribution is 0.262. The Labute approximate surface area is 116 Å². The maximum absolute atomic E-state index is 11.9. The smallest absolute Gasteiger partial charge is 0.323 e. The molecule has 0 aromatic heterocycles. The number of nitrogens with one attached hydrogen (secondary N) is 2. The van der Waals surface area contributed by atoms with E-state index >= 15 is 0 Å². The van der Waals surface area contributed by atoms with Gasteiger partial charge in [0.25, 0.3) is 0 Å². The van der Waals surface area contributed by atoms with Gasteiger partial charge in [-0.2, -0.15) is 0 Å². The molecule has 0 aliphatic carbocycles. The van der Waals surface area contributed by atoms with E-state index in [1.165, 1.54) is 0 Å². The SMILES string of the molecule is NCc1ccccc1NC(=O)Nc1ccccc1Cl. The van der Waals surface area contributed by atoms with E-state index in [2.05, 4.69) is 10.6 Å². The van der Waals surface area contributed by atoms with E-state index in [0.29, 0.717) is 22.9 Å². The Morgan fingerprint density at radius 3 is 2.26 bits per heavy atom. The number of carbonyl (C=O) groups excluding carboxylic acids is 1. The summed E-state index contributed by atoms with van der Waals surface area (Å²) >= 11 is 5.97. The first-order valence-electron chi connectivity index (χ1n) is 5.81. The number of carbonyl (C=O) groups is 1. The Balaban J connectivity index is 2.08. The molecule has 0 bridgehead atoms.